The van der Waals surface area contributed by atoms with Crippen molar-refractivity contribution in [3.05, 3.63) is 16.7 Å². The molecule has 1 rings (SSSR count). The molecule has 0 aliphatic rings. The van der Waals surface area contributed by atoms with E-state index in [9.17, 15) is 4.79 Å². The van der Waals surface area contributed by atoms with Gasteiger partial charge in [0.15, 0.2) is 5.82 Å². The summed E-state index contributed by atoms with van der Waals surface area (Å²) in [6, 6.07) is 0. The summed E-state index contributed by atoms with van der Waals surface area (Å²) in [7, 11) is 1.58. The van der Waals surface area contributed by atoms with E-state index in [0.717, 1.165) is 10.2 Å². The lowest BCUT2D eigenvalue weighted by Crippen LogP contribution is -2.17. The summed E-state index contributed by atoms with van der Waals surface area (Å²) >= 11 is 3.36. The van der Waals surface area contributed by atoms with E-state index < -0.39 is 0 Å². The van der Waals surface area contributed by atoms with Crippen LogP contribution in [0.15, 0.2) is 21.7 Å². The van der Waals surface area contributed by atoms with Gasteiger partial charge in [-0.15, -0.1) is 0 Å². The van der Waals surface area contributed by atoms with Crippen molar-refractivity contribution in [3.8, 4) is 0 Å². The predicted molar refractivity (Wildman–Crippen MR) is 75.5 cm³/mol. The molecule has 0 aliphatic heterocycles. The van der Waals surface area contributed by atoms with Crippen molar-refractivity contribution < 1.29 is 4.79 Å². The van der Waals surface area contributed by atoms with Gasteiger partial charge in [-0.05, 0) is 35.9 Å². The van der Waals surface area contributed by atoms with E-state index in [1.165, 1.54) is 4.68 Å². The van der Waals surface area contributed by atoms with Gasteiger partial charge in [0.05, 0.1) is 10.7 Å². The summed E-state index contributed by atoms with van der Waals surface area (Å²) in [5, 5.41) is 6.63. The molecule has 0 saturated carbocycles. The van der Waals surface area contributed by atoms with Gasteiger partial charge in [-0.25, -0.2) is 4.99 Å². The van der Waals surface area contributed by atoms with Crippen LogP contribution in [0.2, 0.25) is 0 Å². The molecule has 0 aliphatic carbocycles. The summed E-state index contributed by atoms with van der Waals surface area (Å²) < 4.78 is 2.24. The van der Waals surface area contributed by atoms with Gasteiger partial charge in [0, 0.05) is 19.2 Å². The highest BCUT2D eigenvalue weighted by Gasteiger charge is 2.09. The van der Waals surface area contributed by atoms with Gasteiger partial charge >= 0.3 is 0 Å². The van der Waals surface area contributed by atoms with E-state index in [-0.39, 0.29) is 12.3 Å². The fourth-order valence-electron chi connectivity index (χ4n) is 1.21. The molecule has 1 heterocycles. The lowest BCUT2D eigenvalue weighted by Gasteiger charge is -2.05. The van der Waals surface area contributed by atoms with Gasteiger partial charge in [0.1, 0.15) is 5.82 Å². The summed E-state index contributed by atoms with van der Waals surface area (Å²) in [5.74, 6) is 0.867. The van der Waals surface area contributed by atoms with E-state index >= 15 is 0 Å². The number of aliphatic imine (C=N–C) groups is 1. The summed E-state index contributed by atoms with van der Waals surface area (Å²) in [6.07, 6.45) is 3.42. The first kappa shape index (κ1) is 14.4. The third kappa shape index (κ3) is 3.69. The molecular weight excluding hydrogens is 298 g/mol. The average molecular weight is 314 g/mol. The molecule has 1 aromatic heterocycles. The molecule has 0 saturated heterocycles. The standard InChI is InChI=1S/C11H16BrN5O/c1-7(2)16-11-8(12)6-15-17(11)9(13)4-5-10(18)14-3/h4,6H,5,13H2,1-3H3,(H,14,18)/b9-4+. The maximum absolute atomic E-state index is 11.1. The minimum Gasteiger partial charge on any atom is -0.384 e. The van der Waals surface area contributed by atoms with E-state index in [0.29, 0.717) is 11.6 Å². The molecule has 1 aromatic rings. The summed E-state index contributed by atoms with van der Waals surface area (Å²) in [5.41, 5.74) is 6.77. The highest BCUT2D eigenvalue weighted by molar-refractivity contribution is 9.10. The van der Waals surface area contributed by atoms with Crippen molar-refractivity contribution in [2.24, 2.45) is 10.7 Å². The van der Waals surface area contributed by atoms with E-state index in [1.807, 2.05) is 13.8 Å². The minimum atomic E-state index is -0.110. The Morgan fingerprint density at radius 2 is 2.33 bits per heavy atom. The number of amides is 1. The first-order chi connectivity index (χ1) is 8.45. The van der Waals surface area contributed by atoms with Crippen molar-refractivity contribution in [2.45, 2.75) is 20.3 Å². The molecule has 0 bridgehead atoms. The molecule has 3 N–H and O–H groups in total. The Labute approximate surface area is 114 Å². The molecule has 6 nitrogen and oxygen atoms in total. The molecule has 0 atom stereocenters. The average Bonchev–Trinajstić information content (AvgIpc) is 2.67. The lowest BCUT2D eigenvalue weighted by molar-refractivity contribution is -0.119. The second-order valence-electron chi connectivity index (χ2n) is 3.79. The Morgan fingerprint density at radius 1 is 1.67 bits per heavy atom. The van der Waals surface area contributed by atoms with Crippen molar-refractivity contribution in [1.82, 2.24) is 15.1 Å². The SMILES string of the molecule is CNC(=O)C/C=C(\N)n1ncc(Br)c1N=C(C)C. The normalized spacial score (nSPS) is 11.2. The van der Waals surface area contributed by atoms with Crippen molar-refractivity contribution in [2.75, 3.05) is 7.05 Å². The Kier molecular flexibility index (Phi) is 5.08. The topological polar surface area (TPSA) is 85.3 Å². The van der Waals surface area contributed by atoms with Crippen molar-refractivity contribution >= 4 is 39.2 Å². The van der Waals surface area contributed by atoms with Crippen LogP contribution in [-0.2, 0) is 4.79 Å². The quantitative estimate of drug-likeness (QED) is 0.829. The fraction of sp³-hybridized carbons (Fsp3) is 0.364. The summed E-state index contributed by atoms with van der Waals surface area (Å²) in [4.78, 5) is 15.5. The number of hydrogen-bond donors (Lipinski definition) is 2. The van der Waals surface area contributed by atoms with Crippen LogP contribution >= 0.6 is 15.9 Å². The van der Waals surface area contributed by atoms with Gasteiger partial charge in [0.2, 0.25) is 5.91 Å². The first-order valence-electron chi connectivity index (χ1n) is 5.37. The van der Waals surface area contributed by atoms with Crippen LogP contribution in [0.3, 0.4) is 0 Å². The number of nitrogens with one attached hydrogen (secondary N) is 1. The van der Waals surface area contributed by atoms with Crippen molar-refractivity contribution in [1.29, 1.82) is 0 Å². The number of carbonyl (C=O) groups excluding carboxylic acids is 1. The van der Waals surface area contributed by atoms with Crippen LogP contribution in [0.5, 0.6) is 0 Å². The Balaban J connectivity index is 3.03. The monoisotopic (exact) mass is 313 g/mol. The predicted octanol–water partition coefficient (Wildman–Crippen LogP) is 1.65. The smallest absolute Gasteiger partial charge is 0.223 e. The zero-order chi connectivity index (χ0) is 13.7. The number of rotatable bonds is 4. The van der Waals surface area contributed by atoms with Crippen LogP contribution < -0.4 is 11.1 Å². The van der Waals surface area contributed by atoms with Crippen LogP contribution in [0.25, 0.3) is 5.82 Å². The van der Waals surface area contributed by atoms with Gasteiger partial charge in [-0.1, -0.05) is 0 Å². The second-order valence-corrected chi connectivity index (χ2v) is 4.65. The molecule has 0 fully saturated rings. The largest absolute Gasteiger partial charge is 0.384 e. The van der Waals surface area contributed by atoms with Gasteiger partial charge in [-0.2, -0.15) is 9.78 Å². The Hall–Kier alpha value is -1.63. The molecule has 98 valence electrons. The first-order valence-corrected chi connectivity index (χ1v) is 6.17. The summed E-state index contributed by atoms with van der Waals surface area (Å²) in [6.45, 7) is 3.77. The Morgan fingerprint density at radius 3 is 2.89 bits per heavy atom. The van der Waals surface area contributed by atoms with Crippen LogP contribution in [0, 0.1) is 0 Å². The maximum Gasteiger partial charge on any atom is 0.223 e. The number of carbonyl (C=O) groups is 1. The third-order valence-electron chi connectivity index (χ3n) is 2.05. The highest BCUT2D eigenvalue weighted by atomic mass is 79.9. The van der Waals surface area contributed by atoms with Crippen molar-refractivity contribution in [3.63, 3.8) is 0 Å². The Bertz CT molecular complexity index is 500. The molecule has 0 aromatic carbocycles. The van der Waals surface area contributed by atoms with E-state index in [2.05, 4.69) is 31.3 Å². The van der Waals surface area contributed by atoms with Gasteiger partial charge in [-0.3, -0.25) is 4.79 Å². The van der Waals surface area contributed by atoms with Crippen LogP contribution in [0.1, 0.15) is 20.3 Å². The van der Waals surface area contributed by atoms with E-state index in [1.54, 1.807) is 19.3 Å². The van der Waals surface area contributed by atoms with Gasteiger partial charge < -0.3 is 11.1 Å². The van der Waals surface area contributed by atoms with Crippen LogP contribution in [0.4, 0.5) is 5.82 Å². The number of hydrogen-bond acceptors (Lipinski definition) is 4. The second kappa shape index (κ2) is 6.34. The number of aromatic nitrogens is 2. The molecule has 0 spiro atoms. The lowest BCUT2D eigenvalue weighted by atomic mass is 10.4. The molecule has 18 heavy (non-hydrogen) atoms. The number of nitrogens with zero attached hydrogens (tertiary/aromatic N) is 3. The molecular formula is C11H16BrN5O. The van der Waals surface area contributed by atoms with Crippen LogP contribution in [-0.4, -0.2) is 28.4 Å². The minimum absolute atomic E-state index is 0.110. The molecule has 1 amide bonds. The number of nitrogens with two attached hydrogens (primary N) is 1. The van der Waals surface area contributed by atoms with Gasteiger partial charge in [0.25, 0.3) is 0 Å². The van der Waals surface area contributed by atoms with E-state index in [4.69, 9.17) is 5.73 Å². The number of halogens is 1. The highest BCUT2D eigenvalue weighted by Crippen LogP contribution is 2.26. The molecule has 0 unspecified atom stereocenters. The zero-order valence-corrected chi connectivity index (χ0v) is 12.2. The molecule has 0 radical (unpaired) electrons. The zero-order valence-electron chi connectivity index (χ0n) is 10.6. The molecule has 7 heteroatoms. The maximum atomic E-state index is 11.1. The third-order valence-corrected chi connectivity index (χ3v) is 2.61. The fourth-order valence-corrected chi connectivity index (χ4v) is 1.56.